The smallest absolute Gasteiger partial charge is 0.314 e. The molecule has 1 N–H and O–H groups in total. The second-order valence-electron chi connectivity index (χ2n) is 4.41. The first-order valence-electron chi connectivity index (χ1n) is 5.51. The average Bonchev–Trinajstić information content (AvgIpc) is 3.08. The lowest BCUT2D eigenvalue weighted by atomic mass is 9.90. The Balaban J connectivity index is 2.57. The lowest BCUT2D eigenvalue weighted by Gasteiger charge is -2.18. The standard InChI is InChI=1S/C13H16O4/c1-8-6-9(16-2)7-10(17-3)11(8)13(4-5-13)12(14)15/h6-7H,4-5H2,1-3H3,(H,14,15). The van der Waals surface area contributed by atoms with Gasteiger partial charge in [-0.15, -0.1) is 0 Å². The fraction of sp³-hybridized carbons (Fsp3) is 0.462. The quantitative estimate of drug-likeness (QED) is 0.870. The number of hydrogen-bond acceptors (Lipinski definition) is 3. The van der Waals surface area contributed by atoms with Crippen molar-refractivity contribution in [1.82, 2.24) is 0 Å². The van der Waals surface area contributed by atoms with Gasteiger partial charge in [0.15, 0.2) is 0 Å². The summed E-state index contributed by atoms with van der Waals surface area (Å²) in [6.45, 7) is 1.89. The maximum Gasteiger partial charge on any atom is 0.314 e. The summed E-state index contributed by atoms with van der Waals surface area (Å²) in [4.78, 5) is 11.4. The average molecular weight is 236 g/mol. The van der Waals surface area contributed by atoms with E-state index in [1.165, 1.54) is 0 Å². The lowest BCUT2D eigenvalue weighted by molar-refractivity contribution is -0.140. The number of ether oxygens (including phenoxy) is 2. The third-order valence-corrected chi connectivity index (χ3v) is 3.37. The highest BCUT2D eigenvalue weighted by Gasteiger charge is 2.54. The van der Waals surface area contributed by atoms with Crippen LogP contribution in [0.4, 0.5) is 0 Å². The number of hydrogen-bond donors (Lipinski definition) is 1. The molecule has 0 spiro atoms. The van der Waals surface area contributed by atoms with Crippen LogP contribution in [0, 0.1) is 6.92 Å². The fourth-order valence-electron chi connectivity index (χ4n) is 2.31. The summed E-state index contributed by atoms with van der Waals surface area (Å²) in [6.07, 6.45) is 1.34. The van der Waals surface area contributed by atoms with Gasteiger partial charge in [-0.25, -0.2) is 0 Å². The number of carbonyl (C=O) groups is 1. The van der Waals surface area contributed by atoms with Gasteiger partial charge in [-0.05, 0) is 31.4 Å². The van der Waals surface area contributed by atoms with Crippen LogP contribution in [-0.4, -0.2) is 25.3 Å². The molecule has 0 atom stereocenters. The molecule has 0 amide bonds. The number of benzene rings is 1. The van der Waals surface area contributed by atoms with Crippen molar-refractivity contribution < 1.29 is 19.4 Å². The molecule has 1 saturated carbocycles. The van der Waals surface area contributed by atoms with Gasteiger partial charge >= 0.3 is 5.97 Å². The molecule has 1 aromatic carbocycles. The van der Waals surface area contributed by atoms with E-state index in [1.54, 1.807) is 20.3 Å². The minimum Gasteiger partial charge on any atom is -0.497 e. The van der Waals surface area contributed by atoms with E-state index >= 15 is 0 Å². The predicted octanol–water partition coefficient (Wildman–Crippen LogP) is 2.13. The van der Waals surface area contributed by atoms with Crippen molar-refractivity contribution in [3.63, 3.8) is 0 Å². The van der Waals surface area contributed by atoms with E-state index in [-0.39, 0.29) is 0 Å². The first kappa shape index (κ1) is 11.8. The maximum absolute atomic E-state index is 11.4. The lowest BCUT2D eigenvalue weighted by Crippen LogP contribution is -2.21. The van der Waals surface area contributed by atoms with E-state index in [9.17, 15) is 9.90 Å². The highest BCUT2D eigenvalue weighted by atomic mass is 16.5. The van der Waals surface area contributed by atoms with Crippen molar-refractivity contribution in [3.8, 4) is 11.5 Å². The molecule has 17 heavy (non-hydrogen) atoms. The molecular formula is C13H16O4. The molecule has 0 heterocycles. The fourth-order valence-corrected chi connectivity index (χ4v) is 2.31. The molecule has 0 unspecified atom stereocenters. The molecule has 2 rings (SSSR count). The van der Waals surface area contributed by atoms with Crippen molar-refractivity contribution in [1.29, 1.82) is 0 Å². The first-order chi connectivity index (χ1) is 8.05. The minimum atomic E-state index is -0.774. The Hall–Kier alpha value is -1.71. The molecule has 4 heteroatoms. The summed E-state index contributed by atoms with van der Waals surface area (Å²) >= 11 is 0. The number of carboxylic acid groups (broad SMARTS) is 1. The Kier molecular flexibility index (Phi) is 2.73. The van der Waals surface area contributed by atoms with E-state index in [0.717, 1.165) is 11.1 Å². The Morgan fingerprint density at radius 3 is 2.35 bits per heavy atom. The van der Waals surface area contributed by atoms with Crippen LogP contribution in [0.2, 0.25) is 0 Å². The number of carboxylic acids is 1. The molecule has 1 aromatic rings. The second-order valence-corrected chi connectivity index (χ2v) is 4.41. The number of aliphatic carboxylic acids is 1. The van der Waals surface area contributed by atoms with Gasteiger partial charge in [0, 0.05) is 11.6 Å². The van der Waals surface area contributed by atoms with E-state index in [2.05, 4.69) is 0 Å². The number of aryl methyl sites for hydroxylation is 1. The van der Waals surface area contributed by atoms with Crippen molar-refractivity contribution in [2.24, 2.45) is 0 Å². The number of methoxy groups -OCH3 is 2. The third kappa shape index (κ3) is 1.73. The Morgan fingerprint density at radius 2 is 1.94 bits per heavy atom. The normalized spacial score (nSPS) is 16.4. The van der Waals surface area contributed by atoms with E-state index in [4.69, 9.17) is 9.47 Å². The van der Waals surface area contributed by atoms with Gasteiger partial charge in [-0.3, -0.25) is 4.79 Å². The van der Waals surface area contributed by atoms with Crippen LogP contribution >= 0.6 is 0 Å². The Bertz CT molecular complexity index is 461. The predicted molar refractivity (Wildman–Crippen MR) is 62.8 cm³/mol. The van der Waals surface area contributed by atoms with E-state index in [1.807, 2.05) is 13.0 Å². The summed E-state index contributed by atoms with van der Waals surface area (Å²) in [6, 6.07) is 3.59. The van der Waals surface area contributed by atoms with Gasteiger partial charge in [-0.2, -0.15) is 0 Å². The Labute approximate surface area is 100 Å². The van der Waals surface area contributed by atoms with Gasteiger partial charge in [0.2, 0.25) is 0 Å². The molecule has 1 fully saturated rings. The summed E-state index contributed by atoms with van der Waals surface area (Å²) in [7, 11) is 3.13. The molecule has 1 aliphatic rings. The van der Waals surface area contributed by atoms with Gasteiger partial charge in [-0.1, -0.05) is 0 Å². The molecule has 0 aliphatic heterocycles. The van der Waals surface area contributed by atoms with Gasteiger partial charge in [0.05, 0.1) is 19.6 Å². The molecule has 92 valence electrons. The monoisotopic (exact) mass is 236 g/mol. The summed E-state index contributed by atoms with van der Waals surface area (Å²) in [5.41, 5.74) is 0.941. The molecule has 0 bridgehead atoms. The highest BCUT2D eigenvalue weighted by Crippen LogP contribution is 2.53. The summed E-state index contributed by atoms with van der Waals surface area (Å²) < 4.78 is 10.5. The van der Waals surface area contributed by atoms with Gasteiger partial charge < -0.3 is 14.6 Å². The van der Waals surface area contributed by atoms with Crippen molar-refractivity contribution in [2.75, 3.05) is 14.2 Å². The van der Waals surface area contributed by atoms with Crippen LogP contribution in [-0.2, 0) is 10.2 Å². The molecular weight excluding hydrogens is 220 g/mol. The molecule has 0 saturated heterocycles. The summed E-state index contributed by atoms with van der Waals surface area (Å²) in [5.74, 6) is 0.509. The zero-order valence-electron chi connectivity index (χ0n) is 10.2. The van der Waals surface area contributed by atoms with Gasteiger partial charge in [0.25, 0.3) is 0 Å². The maximum atomic E-state index is 11.4. The second kappa shape index (κ2) is 3.95. The van der Waals surface area contributed by atoms with Crippen LogP contribution in [0.25, 0.3) is 0 Å². The van der Waals surface area contributed by atoms with Crippen molar-refractivity contribution in [2.45, 2.75) is 25.2 Å². The van der Waals surface area contributed by atoms with Crippen LogP contribution in [0.1, 0.15) is 24.0 Å². The van der Waals surface area contributed by atoms with Crippen LogP contribution < -0.4 is 9.47 Å². The highest BCUT2D eigenvalue weighted by molar-refractivity contribution is 5.86. The van der Waals surface area contributed by atoms with Crippen LogP contribution in [0.5, 0.6) is 11.5 Å². The topological polar surface area (TPSA) is 55.8 Å². The number of rotatable bonds is 4. The molecule has 0 aromatic heterocycles. The molecule has 1 aliphatic carbocycles. The van der Waals surface area contributed by atoms with Crippen molar-refractivity contribution >= 4 is 5.97 Å². The van der Waals surface area contributed by atoms with E-state index < -0.39 is 11.4 Å². The third-order valence-electron chi connectivity index (χ3n) is 3.37. The summed E-state index contributed by atoms with van der Waals surface area (Å²) in [5, 5.41) is 9.34. The zero-order chi connectivity index (χ0) is 12.6. The van der Waals surface area contributed by atoms with Gasteiger partial charge in [0.1, 0.15) is 11.5 Å². The zero-order valence-corrected chi connectivity index (χ0v) is 10.2. The minimum absolute atomic E-state index is 0.599. The van der Waals surface area contributed by atoms with E-state index in [0.29, 0.717) is 24.3 Å². The Morgan fingerprint density at radius 1 is 1.29 bits per heavy atom. The van der Waals surface area contributed by atoms with Crippen molar-refractivity contribution in [3.05, 3.63) is 23.3 Å². The van der Waals surface area contributed by atoms with Crippen LogP contribution in [0.3, 0.4) is 0 Å². The SMILES string of the molecule is COc1cc(C)c(C2(C(=O)O)CC2)c(OC)c1. The molecule has 0 radical (unpaired) electrons. The largest absolute Gasteiger partial charge is 0.497 e. The van der Waals surface area contributed by atoms with Crippen LogP contribution in [0.15, 0.2) is 12.1 Å². The molecule has 4 nitrogen and oxygen atoms in total. The first-order valence-corrected chi connectivity index (χ1v) is 5.51.